The molecular weight excluding hydrogens is 659 g/mol. The first-order valence-corrected chi connectivity index (χ1v) is 19.5. The van der Waals surface area contributed by atoms with Crippen LogP contribution in [0.3, 0.4) is 0 Å². The molecule has 2 saturated heterocycles. The van der Waals surface area contributed by atoms with Gasteiger partial charge in [-0.05, 0) is 44.0 Å². The molecule has 3 N–H and O–H groups in total. The quantitative estimate of drug-likeness (QED) is 0.130. The molecule has 2 aliphatic heterocycles. The first-order chi connectivity index (χ1) is 22.8. The van der Waals surface area contributed by atoms with Gasteiger partial charge in [0.05, 0.1) is 28.5 Å². The van der Waals surface area contributed by atoms with E-state index in [4.69, 9.17) is 9.47 Å². The number of ether oxygens (including phenoxy) is 2. The lowest BCUT2D eigenvalue weighted by Gasteiger charge is -2.47. The minimum absolute atomic E-state index is 0.000739. The van der Waals surface area contributed by atoms with E-state index in [0.29, 0.717) is 60.1 Å². The maximum Gasteiger partial charge on any atom is 0.305 e. The average Bonchev–Trinajstić information content (AvgIpc) is 3.72. The van der Waals surface area contributed by atoms with Crippen molar-refractivity contribution in [1.29, 1.82) is 0 Å². The van der Waals surface area contributed by atoms with Crippen molar-refractivity contribution in [2.45, 2.75) is 70.0 Å². The minimum atomic E-state index is -0.543. The number of phenolic OH excluding ortho intramolecular Hbond substituents is 1. The number of carbonyl (C=O) groups excluding carboxylic acids is 2. The van der Waals surface area contributed by atoms with Crippen LogP contribution in [0.25, 0.3) is 10.2 Å². The van der Waals surface area contributed by atoms with Crippen LogP contribution < -0.4 is 10.2 Å². The number of thiazole rings is 2. The Morgan fingerprint density at radius 2 is 2.02 bits per heavy atom. The molecule has 14 heteroatoms. The lowest BCUT2D eigenvalue weighted by molar-refractivity contribution is -0.133. The molecule has 0 unspecified atom stereocenters. The molecule has 0 radical (unpaired) electrons. The maximum atomic E-state index is 13.2. The molecular formula is C33H47N5O6S3. The number of carbonyl (C=O) groups is 2. The van der Waals surface area contributed by atoms with Crippen molar-refractivity contribution >= 4 is 57.0 Å². The second-order valence-corrected chi connectivity index (χ2v) is 15.8. The van der Waals surface area contributed by atoms with Crippen LogP contribution in [-0.4, -0.2) is 107 Å². The number of unbranched alkanes of at least 4 members (excludes halogenated alkanes) is 3. The summed E-state index contributed by atoms with van der Waals surface area (Å²) in [6.07, 6.45) is 6.22. The zero-order valence-electron chi connectivity index (χ0n) is 27.3. The Bertz CT molecular complexity index is 1520. The van der Waals surface area contributed by atoms with Crippen LogP contribution in [-0.2, 0) is 14.3 Å². The van der Waals surface area contributed by atoms with E-state index >= 15 is 0 Å². The Morgan fingerprint density at radius 3 is 2.79 bits per heavy atom. The number of benzene rings is 1. The van der Waals surface area contributed by atoms with Gasteiger partial charge < -0.3 is 34.7 Å². The number of hydrogen-bond donors (Lipinski definition) is 3. The second-order valence-electron chi connectivity index (χ2n) is 12.7. The zero-order chi connectivity index (χ0) is 33.2. The van der Waals surface area contributed by atoms with Gasteiger partial charge >= 0.3 is 4.87 Å². The average molecular weight is 706 g/mol. The van der Waals surface area contributed by atoms with E-state index in [-0.39, 0.29) is 22.1 Å². The van der Waals surface area contributed by atoms with Gasteiger partial charge in [0.15, 0.2) is 0 Å². The summed E-state index contributed by atoms with van der Waals surface area (Å²) in [6, 6.07) is 3.21. The number of thioether (sulfide) groups is 1. The topological polar surface area (TPSA) is 137 Å². The molecule has 1 amide bonds. The number of nitrogens with one attached hydrogen (secondary N) is 2. The van der Waals surface area contributed by atoms with Gasteiger partial charge in [-0.1, -0.05) is 44.1 Å². The fourth-order valence-corrected chi connectivity index (χ4v) is 8.91. The van der Waals surface area contributed by atoms with Gasteiger partial charge in [-0.25, -0.2) is 4.98 Å². The van der Waals surface area contributed by atoms with E-state index in [1.165, 1.54) is 31.7 Å². The number of aromatic amines is 1. The molecule has 1 spiro atoms. The molecule has 5 rings (SSSR count). The monoisotopic (exact) mass is 705 g/mol. The predicted molar refractivity (Wildman–Crippen MR) is 189 cm³/mol. The number of piperidine rings is 1. The summed E-state index contributed by atoms with van der Waals surface area (Å²) in [6.45, 7) is 10.9. The SMILES string of the molecule is CC(C)c1nc(C(=O)N2CCOC3(CCN(CCCCCCSCCNC[C@H](OC=O)c4ccc(O)c5[nH]c(=O)sc45)CC3)C2)cs1. The molecule has 1 aromatic carbocycles. The molecule has 0 saturated carbocycles. The highest BCUT2D eigenvalue weighted by Crippen LogP contribution is 2.33. The lowest BCUT2D eigenvalue weighted by atomic mass is 9.89. The Kier molecular flexibility index (Phi) is 13.1. The van der Waals surface area contributed by atoms with E-state index in [1.54, 1.807) is 17.4 Å². The van der Waals surface area contributed by atoms with Crippen molar-refractivity contribution in [3.8, 4) is 5.75 Å². The zero-order valence-corrected chi connectivity index (χ0v) is 29.8. The first-order valence-electron chi connectivity index (χ1n) is 16.6. The fraction of sp³-hybridized carbons (Fsp3) is 0.636. The minimum Gasteiger partial charge on any atom is -0.506 e. The number of phenols is 1. The van der Waals surface area contributed by atoms with Crippen molar-refractivity contribution in [3.63, 3.8) is 0 Å². The van der Waals surface area contributed by atoms with Gasteiger partial charge in [0.1, 0.15) is 23.1 Å². The summed E-state index contributed by atoms with van der Waals surface area (Å²) in [7, 11) is 0. The van der Waals surface area contributed by atoms with Crippen molar-refractivity contribution in [2.24, 2.45) is 0 Å². The lowest BCUT2D eigenvalue weighted by Crippen LogP contribution is -2.58. The van der Waals surface area contributed by atoms with Gasteiger partial charge in [-0.3, -0.25) is 14.4 Å². The Balaban J connectivity index is 0.909. The van der Waals surface area contributed by atoms with Crippen LogP contribution in [0.4, 0.5) is 0 Å². The number of morpholine rings is 1. The Hall–Kier alpha value is -2.49. The predicted octanol–water partition coefficient (Wildman–Crippen LogP) is 4.98. The number of nitrogens with zero attached hydrogens (tertiary/aromatic N) is 3. The van der Waals surface area contributed by atoms with Crippen LogP contribution in [0.1, 0.15) is 85.5 Å². The third-order valence-electron chi connectivity index (χ3n) is 8.96. The van der Waals surface area contributed by atoms with Gasteiger partial charge in [0.25, 0.3) is 12.4 Å². The number of aromatic hydroxyl groups is 1. The maximum absolute atomic E-state index is 13.2. The number of fused-ring (bicyclic) bond motifs is 1. The Labute approximate surface area is 288 Å². The fourth-order valence-electron chi connectivity index (χ4n) is 6.28. The summed E-state index contributed by atoms with van der Waals surface area (Å²) in [5, 5.41) is 16.3. The van der Waals surface area contributed by atoms with Crippen molar-refractivity contribution in [3.05, 3.63) is 43.4 Å². The molecule has 0 bridgehead atoms. The molecule has 2 aromatic heterocycles. The van der Waals surface area contributed by atoms with Gasteiger partial charge in [-0.2, -0.15) is 11.8 Å². The number of rotatable bonds is 17. The van der Waals surface area contributed by atoms with E-state index in [2.05, 4.69) is 34.0 Å². The summed E-state index contributed by atoms with van der Waals surface area (Å²) >= 11 is 4.49. The van der Waals surface area contributed by atoms with E-state index in [1.807, 2.05) is 22.0 Å². The van der Waals surface area contributed by atoms with Crippen molar-refractivity contribution < 1.29 is 24.2 Å². The van der Waals surface area contributed by atoms with Crippen LogP contribution >= 0.6 is 34.4 Å². The molecule has 0 aliphatic carbocycles. The molecule has 1 atom stereocenters. The van der Waals surface area contributed by atoms with E-state index in [0.717, 1.165) is 66.9 Å². The highest BCUT2D eigenvalue weighted by molar-refractivity contribution is 7.99. The summed E-state index contributed by atoms with van der Waals surface area (Å²) in [5.41, 5.74) is 1.42. The van der Waals surface area contributed by atoms with Crippen LogP contribution in [0, 0.1) is 0 Å². The second kappa shape index (κ2) is 17.3. The van der Waals surface area contributed by atoms with E-state index < -0.39 is 6.10 Å². The normalized spacial score (nSPS) is 17.5. The number of aromatic nitrogens is 2. The number of amides is 1. The van der Waals surface area contributed by atoms with Gasteiger partial charge in [-0.15, -0.1) is 11.3 Å². The first kappa shape index (κ1) is 35.8. The van der Waals surface area contributed by atoms with E-state index in [9.17, 15) is 19.5 Å². The van der Waals surface area contributed by atoms with Gasteiger partial charge in [0.2, 0.25) is 0 Å². The third kappa shape index (κ3) is 9.57. The number of H-pyrrole nitrogens is 1. The third-order valence-corrected chi connectivity index (χ3v) is 12.1. The Morgan fingerprint density at radius 1 is 1.21 bits per heavy atom. The molecule has 4 heterocycles. The smallest absolute Gasteiger partial charge is 0.305 e. The van der Waals surface area contributed by atoms with Crippen LogP contribution in [0.15, 0.2) is 22.3 Å². The standard InChI is InChI=1S/C33H47N5O6S3/c1-23(2)30-35-25(20-46-30)31(41)38-15-16-44-33(21-38)9-13-37(14-10-33)12-5-3-4-6-17-45-18-11-34-19-27(43-22-39)24-7-8-26(40)28-29(24)47-32(42)36-28/h7-8,20,22-23,27,34,40H,3-6,9-19,21H2,1-2H3,(H,36,42)/t27-/m0/s1. The van der Waals surface area contributed by atoms with Gasteiger partial charge in [0, 0.05) is 55.3 Å². The molecule has 258 valence electrons. The molecule has 2 fully saturated rings. The number of likely N-dealkylation sites (tertiary alicyclic amines) is 1. The highest BCUT2D eigenvalue weighted by Gasteiger charge is 2.41. The highest BCUT2D eigenvalue weighted by atomic mass is 32.2. The molecule has 47 heavy (non-hydrogen) atoms. The molecule has 2 aliphatic rings. The van der Waals surface area contributed by atoms with Crippen molar-refractivity contribution in [2.75, 3.05) is 63.9 Å². The summed E-state index contributed by atoms with van der Waals surface area (Å²) in [5.74, 6) is 2.44. The summed E-state index contributed by atoms with van der Waals surface area (Å²) < 4.78 is 12.2. The van der Waals surface area contributed by atoms with Crippen molar-refractivity contribution in [1.82, 2.24) is 25.1 Å². The molecule has 11 nitrogen and oxygen atoms in total. The largest absolute Gasteiger partial charge is 0.506 e. The summed E-state index contributed by atoms with van der Waals surface area (Å²) in [4.78, 5) is 47.6. The number of hydrogen-bond acceptors (Lipinski definition) is 12. The van der Waals surface area contributed by atoms with Crippen LogP contribution in [0.5, 0.6) is 5.75 Å². The molecule has 3 aromatic rings. The van der Waals surface area contributed by atoms with Crippen LogP contribution in [0.2, 0.25) is 0 Å².